The summed E-state index contributed by atoms with van der Waals surface area (Å²) in [6.45, 7) is 2.18. The first kappa shape index (κ1) is 18.4. The van der Waals surface area contributed by atoms with Crippen LogP contribution in [0.4, 0.5) is 0 Å². The summed E-state index contributed by atoms with van der Waals surface area (Å²) in [6.07, 6.45) is 2.60. The summed E-state index contributed by atoms with van der Waals surface area (Å²) in [4.78, 5) is 21.6. The molecule has 0 aromatic rings. The fourth-order valence-electron chi connectivity index (χ4n) is 0.134. The van der Waals surface area contributed by atoms with Gasteiger partial charge in [0, 0.05) is 5.33 Å². The molecule has 66 valence electrons. The fraction of sp³-hybridized carbons (Fsp3) is 1.00. The van der Waals surface area contributed by atoms with Crippen molar-refractivity contribution in [2.75, 3.05) is 5.33 Å². The Morgan fingerprint density at radius 3 is 1.73 bits per heavy atom. The second kappa shape index (κ2) is 11.6. The Kier molecular flexibility index (Phi) is 19.4. The average molecular weight is 259 g/mol. The number of hydrogen-bond acceptors (Lipinski definition) is 1. The van der Waals surface area contributed by atoms with Crippen molar-refractivity contribution in [2.24, 2.45) is 0 Å². The molecule has 4 nitrogen and oxygen atoms in total. The third kappa shape index (κ3) is 82.7. The van der Waals surface area contributed by atoms with Crippen LogP contribution in [0.15, 0.2) is 0 Å². The van der Waals surface area contributed by atoms with Crippen molar-refractivity contribution in [1.29, 1.82) is 0 Å². The molecule has 0 spiro atoms. The molecule has 0 bridgehead atoms. The van der Waals surface area contributed by atoms with Crippen LogP contribution in [-0.4, -0.2) is 20.0 Å². The molecule has 0 fully saturated rings. The molecule has 0 aromatic carbocycles. The standard InChI is InChI=1S/C4H9Br.Na.H3O4P.H/c1-2-3-4-5;;1-5(2,3)4;/h2-4H2,1H3;;(H3,1,2,3,4);/q;+1;;-1. The molecule has 0 saturated carbocycles. The molecule has 0 atom stereocenters. The summed E-state index contributed by atoms with van der Waals surface area (Å²) in [5, 5.41) is 1.16. The van der Waals surface area contributed by atoms with Gasteiger partial charge in [0.2, 0.25) is 0 Å². The number of phosphoric acid groups is 1. The van der Waals surface area contributed by atoms with E-state index in [-0.39, 0.29) is 31.0 Å². The van der Waals surface area contributed by atoms with Gasteiger partial charge in [-0.3, -0.25) is 0 Å². The summed E-state index contributed by atoms with van der Waals surface area (Å²) in [5.41, 5.74) is 0. The molecule has 0 aliphatic heterocycles. The SMILES string of the molecule is CCCCBr.O=P(O)(O)O.[H-].[Na+]. The number of unbranched alkanes of at least 4 members (excludes halogenated alkanes) is 1. The summed E-state index contributed by atoms with van der Waals surface area (Å²) >= 11 is 3.31. The van der Waals surface area contributed by atoms with Gasteiger partial charge in [0.25, 0.3) is 0 Å². The van der Waals surface area contributed by atoms with E-state index in [1.165, 1.54) is 12.8 Å². The Morgan fingerprint density at radius 1 is 1.45 bits per heavy atom. The van der Waals surface area contributed by atoms with Crippen LogP contribution in [0.2, 0.25) is 0 Å². The first-order valence-corrected chi connectivity index (χ1v) is 5.44. The van der Waals surface area contributed by atoms with Crippen LogP contribution in [0.25, 0.3) is 0 Å². The minimum atomic E-state index is -4.64. The van der Waals surface area contributed by atoms with Gasteiger partial charge in [0.1, 0.15) is 0 Å². The van der Waals surface area contributed by atoms with Crippen molar-refractivity contribution in [1.82, 2.24) is 0 Å². The molecule has 0 saturated heterocycles. The van der Waals surface area contributed by atoms with Crippen LogP contribution in [0, 0.1) is 0 Å². The van der Waals surface area contributed by atoms with E-state index in [2.05, 4.69) is 22.9 Å². The molecule has 3 N–H and O–H groups in total. The fourth-order valence-corrected chi connectivity index (χ4v) is 0.694. The van der Waals surface area contributed by atoms with E-state index in [9.17, 15) is 0 Å². The van der Waals surface area contributed by atoms with Gasteiger partial charge in [-0.2, -0.15) is 0 Å². The monoisotopic (exact) mass is 258 g/mol. The third-order valence-electron chi connectivity index (χ3n) is 0.487. The Bertz CT molecular complexity index is 101. The van der Waals surface area contributed by atoms with Crippen LogP contribution in [-0.2, 0) is 4.57 Å². The minimum absolute atomic E-state index is 0. The topological polar surface area (TPSA) is 77.8 Å². The van der Waals surface area contributed by atoms with Gasteiger partial charge in [-0.15, -0.1) is 0 Å². The first-order valence-electron chi connectivity index (χ1n) is 2.76. The number of halogens is 1. The van der Waals surface area contributed by atoms with Crippen LogP contribution in [0.3, 0.4) is 0 Å². The molecule has 0 aliphatic carbocycles. The van der Waals surface area contributed by atoms with Gasteiger partial charge < -0.3 is 16.1 Å². The predicted molar refractivity (Wildman–Crippen MR) is 44.1 cm³/mol. The molecule has 0 unspecified atom stereocenters. The van der Waals surface area contributed by atoms with E-state index in [1.807, 2.05) is 0 Å². The largest absolute Gasteiger partial charge is 1.00 e. The maximum Gasteiger partial charge on any atom is 1.00 e. The second-order valence-corrected chi connectivity index (χ2v) is 3.38. The quantitative estimate of drug-likeness (QED) is 0.316. The van der Waals surface area contributed by atoms with Crippen molar-refractivity contribution in [3.05, 3.63) is 0 Å². The average Bonchev–Trinajstić information content (AvgIpc) is 1.63. The first-order chi connectivity index (χ1) is 4.41. The van der Waals surface area contributed by atoms with Crippen molar-refractivity contribution in [3.63, 3.8) is 0 Å². The molecule has 0 rings (SSSR count). The van der Waals surface area contributed by atoms with Gasteiger partial charge in [-0.05, 0) is 6.42 Å². The van der Waals surface area contributed by atoms with E-state index in [4.69, 9.17) is 19.2 Å². The maximum atomic E-state index is 8.88. The van der Waals surface area contributed by atoms with Crippen molar-refractivity contribution in [3.8, 4) is 0 Å². The number of alkyl halides is 1. The van der Waals surface area contributed by atoms with Gasteiger partial charge in [0.15, 0.2) is 0 Å². The molecular weight excluding hydrogens is 246 g/mol. The van der Waals surface area contributed by atoms with E-state index >= 15 is 0 Å². The summed E-state index contributed by atoms with van der Waals surface area (Å²) < 4.78 is 8.88. The number of hydrogen-bond donors (Lipinski definition) is 3. The van der Waals surface area contributed by atoms with Crippen molar-refractivity contribution < 1.29 is 50.2 Å². The Balaban J connectivity index is -0.0000000457. The van der Waals surface area contributed by atoms with Gasteiger partial charge in [-0.1, -0.05) is 29.3 Å². The Hall–Kier alpha value is 1.59. The van der Waals surface area contributed by atoms with E-state index < -0.39 is 7.82 Å². The smallest absolute Gasteiger partial charge is 1.00 e. The molecule has 7 heteroatoms. The van der Waals surface area contributed by atoms with E-state index in [1.54, 1.807) is 0 Å². The third-order valence-corrected chi connectivity index (χ3v) is 1.05. The Morgan fingerprint density at radius 2 is 1.73 bits per heavy atom. The predicted octanol–water partition coefficient (Wildman–Crippen LogP) is -1.63. The molecular formula is C4H13BrNaO4P. The summed E-state index contributed by atoms with van der Waals surface area (Å²) in [7, 11) is -4.64. The van der Waals surface area contributed by atoms with Crippen LogP contribution >= 0.6 is 23.8 Å². The molecule has 0 aromatic heterocycles. The normalized spacial score (nSPS) is 9.18. The second-order valence-electron chi connectivity index (χ2n) is 1.56. The zero-order valence-electron chi connectivity index (χ0n) is 7.70. The van der Waals surface area contributed by atoms with E-state index in [0.717, 1.165) is 5.33 Å². The number of rotatable bonds is 2. The van der Waals surface area contributed by atoms with Crippen LogP contribution in [0.1, 0.15) is 21.2 Å². The zero-order valence-corrected chi connectivity index (χ0v) is 11.2. The van der Waals surface area contributed by atoms with Crippen molar-refractivity contribution in [2.45, 2.75) is 19.8 Å². The maximum absolute atomic E-state index is 8.88. The van der Waals surface area contributed by atoms with Gasteiger partial charge in [-0.25, -0.2) is 4.57 Å². The van der Waals surface area contributed by atoms with Gasteiger partial charge in [0.05, 0.1) is 0 Å². The summed E-state index contributed by atoms with van der Waals surface area (Å²) in [6, 6.07) is 0. The minimum Gasteiger partial charge on any atom is -1.00 e. The van der Waals surface area contributed by atoms with E-state index in [0.29, 0.717) is 0 Å². The molecule has 0 amide bonds. The molecule has 0 radical (unpaired) electrons. The zero-order chi connectivity index (χ0) is 8.62. The molecule has 11 heavy (non-hydrogen) atoms. The van der Waals surface area contributed by atoms with Crippen LogP contribution in [0.5, 0.6) is 0 Å². The summed E-state index contributed by atoms with van der Waals surface area (Å²) in [5.74, 6) is 0. The molecule has 0 aliphatic rings. The van der Waals surface area contributed by atoms with Gasteiger partial charge >= 0.3 is 37.4 Å². The molecule has 0 heterocycles. The van der Waals surface area contributed by atoms with Crippen LogP contribution < -0.4 is 29.6 Å². The van der Waals surface area contributed by atoms with Crippen molar-refractivity contribution >= 4 is 23.8 Å². The Labute approximate surface area is 98.5 Å².